The maximum Gasteiger partial charge on any atom is 0.411 e. The lowest BCUT2D eigenvalue weighted by Crippen LogP contribution is -2.43. The first kappa shape index (κ1) is 23.5. The standard InChI is InChI=1S/C19H32N2O3.ClH/c1-6-7-8-9-14-23-17-12-10-16(11-13-17)20-18(22)24-15-19(2,3)21(4)5;/h10-13H,6-9,14-15H2,1-5H3,(H,20,22);1H. The minimum absolute atomic E-state index is 0. The maximum absolute atomic E-state index is 11.9. The van der Waals surface area contributed by atoms with Gasteiger partial charge in [-0.2, -0.15) is 0 Å². The van der Waals surface area contributed by atoms with Crippen molar-refractivity contribution in [1.29, 1.82) is 0 Å². The minimum Gasteiger partial charge on any atom is -0.494 e. The summed E-state index contributed by atoms with van der Waals surface area (Å²) < 4.78 is 11.0. The summed E-state index contributed by atoms with van der Waals surface area (Å²) in [4.78, 5) is 13.9. The molecular formula is C19H33ClN2O3. The minimum atomic E-state index is -0.446. The van der Waals surface area contributed by atoms with Crippen LogP contribution < -0.4 is 10.1 Å². The van der Waals surface area contributed by atoms with Crippen molar-refractivity contribution in [3.05, 3.63) is 24.3 Å². The molecule has 0 aliphatic carbocycles. The van der Waals surface area contributed by atoms with E-state index in [0.717, 1.165) is 18.8 Å². The van der Waals surface area contributed by atoms with Crippen LogP contribution in [-0.2, 0) is 4.74 Å². The SMILES string of the molecule is CCCCCCOc1ccc(NC(=O)OCC(C)(C)N(C)C)cc1.Cl. The number of benzene rings is 1. The number of carbonyl (C=O) groups excluding carboxylic acids is 1. The van der Waals surface area contributed by atoms with E-state index in [2.05, 4.69) is 12.2 Å². The lowest BCUT2D eigenvalue weighted by Gasteiger charge is -2.31. The fraction of sp³-hybridized carbons (Fsp3) is 0.632. The Balaban J connectivity index is 0.00000576. The van der Waals surface area contributed by atoms with Crippen LogP contribution in [0, 0.1) is 0 Å². The molecule has 0 aromatic heterocycles. The molecular weight excluding hydrogens is 340 g/mol. The highest BCUT2D eigenvalue weighted by molar-refractivity contribution is 5.85. The second-order valence-corrected chi connectivity index (χ2v) is 6.84. The molecule has 0 radical (unpaired) electrons. The fourth-order valence-electron chi connectivity index (χ4n) is 1.88. The number of nitrogens with zero attached hydrogens (tertiary/aromatic N) is 1. The molecule has 0 unspecified atom stereocenters. The smallest absolute Gasteiger partial charge is 0.411 e. The van der Waals surface area contributed by atoms with Crippen LogP contribution in [0.3, 0.4) is 0 Å². The van der Waals surface area contributed by atoms with E-state index in [1.165, 1.54) is 19.3 Å². The number of ether oxygens (including phenoxy) is 2. The molecule has 0 saturated carbocycles. The van der Waals surface area contributed by atoms with Crippen LogP contribution in [0.4, 0.5) is 10.5 Å². The van der Waals surface area contributed by atoms with Crippen LogP contribution in [0.25, 0.3) is 0 Å². The molecule has 0 spiro atoms. The highest BCUT2D eigenvalue weighted by Gasteiger charge is 2.22. The number of hydrogen-bond acceptors (Lipinski definition) is 4. The van der Waals surface area contributed by atoms with Crippen molar-refractivity contribution in [3.63, 3.8) is 0 Å². The second-order valence-electron chi connectivity index (χ2n) is 6.84. The van der Waals surface area contributed by atoms with Crippen LogP contribution in [0.1, 0.15) is 46.5 Å². The van der Waals surface area contributed by atoms with Gasteiger partial charge >= 0.3 is 6.09 Å². The zero-order valence-corrected chi connectivity index (χ0v) is 16.9. The van der Waals surface area contributed by atoms with E-state index < -0.39 is 6.09 Å². The maximum atomic E-state index is 11.9. The quantitative estimate of drug-likeness (QED) is 0.590. The first-order chi connectivity index (χ1) is 11.3. The number of carbonyl (C=O) groups is 1. The fourth-order valence-corrected chi connectivity index (χ4v) is 1.88. The first-order valence-electron chi connectivity index (χ1n) is 8.69. The van der Waals surface area contributed by atoms with E-state index in [0.29, 0.717) is 12.3 Å². The molecule has 1 amide bonds. The third-order valence-electron chi connectivity index (χ3n) is 4.13. The van der Waals surface area contributed by atoms with Crippen molar-refractivity contribution in [2.24, 2.45) is 0 Å². The monoisotopic (exact) mass is 372 g/mol. The molecule has 5 nitrogen and oxygen atoms in total. The van der Waals surface area contributed by atoms with Gasteiger partial charge in [-0.1, -0.05) is 26.2 Å². The molecule has 1 rings (SSSR count). The van der Waals surface area contributed by atoms with Crippen molar-refractivity contribution < 1.29 is 14.3 Å². The van der Waals surface area contributed by atoms with Gasteiger partial charge in [0, 0.05) is 11.2 Å². The largest absolute Gasteiger partial charge is 0.494 e. The summed E-state index contributed by atoms with van der Waals surface area (Å²) in [7, 11) is 3.92. The number of anilines is 1. The number of amides is 1. The van der Waals surface area contributed by atoms with Gasteiger partial charge in [0.05, 0.1) is 6.61 Å². The predicted octanol–water partition coefficient (Wildman–Crippen LogP) is 4.96. The number of rotatable bonds is 10. The lowest BCUT2D eigenvalue weighted by atomic mass is 10.1. The lowest BCUT2D eigenvalue weighted by molar-refractivity contribution is 0.0775. The van der Waals surface area contributed by atoms with Gasteiger partial charge in [0.1, 0.15) is 12.4 Å². The van der Waals surface area contributed by atoms with Crippen molar-refractivity contribution in [2.75, 3.05) is 32.6 Å². The summed E-state index contributed by atoms with van der Waals surface area (Å²) in [5, 5.41) is 2.73. The van der Waals surface area contributed by atoms with Gasteiger partial charge in [0.25, 0.3) is 0 Å². The highest BCUT2D eigenvalue weighted by atomic mass is 35.5. The zero-order chi connectivity index (χ0) is 18.0. The highest BCUT2D eigenvalue weighted by Crippen LogP contribution is 2.17. The molecule has 0 saturated heterocycles. The summed E-state index contributed by atoms with van der Waals surface area (Å²) >= 11 is 0. The first-order valence-corrected chi connectivity index (χ1v) is 8.69. The third kappa shape index (κ3) is 9.56. The summed E-state index contributed by atoms with van der Waals surface area (Å²) in [6.45, 7) is 7.29. The van der Waals surface area contributed by atoms with Gasteiger partial charge in [0.15, 0.2) is 0 Å². The number of unbranched alkanes of at least 4 members (excludes halogenated alkanes) is 3. The van der Waals surface area contributed by atoms with E-state index in [1.54, 1.807) is 0 Å². The van der Waals surface area contributed by atoms with Gasteiger partial charge in [0.2, 0.25) is 0 Å². The molecule has 1 aromatic carbocycles. The Labute approximate surface area is 158 Å². The van der Waals surface area contributed by atoms with Gasteiger partial charge in [-0.3, -0.25) is 5.32 Å². The Morgan fingerprint density at radius 1 is 1.12 bits per heavy atom. The van der Waals surface area contributed by atoms with Gasteiger partial charge in [-0.25, -0.2) is 4.79 Å². The molecule has 1 N–H and O–H groups in total. The average molecular weight is 373 g/mol. The Morgan fingerprint density at radius 3 is 2.32 bits per heavy atom. The molecule has 144 valence electrons. The average Bonchev–Trinajstić information content (AvgIpc) is 2.54. The molecule has 0 aliphatic rings. The topological polar surface area (TPSA) is 50.8 Å². The molecule has 25 heavy (non-hydrogen) atoms. The number of hydrogen-bond donors (Lipinski definition) is 1. The Bertz CT molecular complexity index is 490. The normalized spacial score (nSPS) is 11.0. The summed E-state index contributed by atoms with van der Waals surface area (Å²) in [6, 6.07) is 7.36. The van der Waals surface area contributed by atoms with E-state index in [1.807, 2.05) is 57.1 Å². The van der Waals surface area contributed by atoms with Crippen molar-refractivity contribution in [3.8, 4) is 5.75 Å². The van der Waals surface area contributed by atoms with Crippen molar-refractivity contribution in [2.45, 2.75) is 52.0 Å². The third-order valence-corrected chi connectivity index (χ3v) is 4.13. The molecule has 0 atom stereocenters. The van der Waals surface area contributed by atoms with Crippen LogP contribution in [0.15, 0.2) is 24.3 Å². The predicted molar refractivity (Wildman–Crippen MR) is 106 cm³/mol. The summed E-state index contributed by atoms with van der Waals surface area (Å²) in [5.41, 5.74) is 0.494. The van der Waals surface area contributed by atoms with Gasteiger partial charge in [-0.05, 0) is 58.6 Å². The van der Waals surface area contributed by atoms with Gasteiger partial charge < -0.3 is 14.4 Å². The van der Waals surface area contributed by atoms with E-state index in [-0.39, 0.29) is 17.9 Å². The van der Waals surface area contributed by atoms with Crippen LogP contribution in [0.2, 0.25) is 0 Å². The molecule has 0 bridgehead atoms. The number of nitrogens with one attached hydrogen (secondary N) is 1. The van der Waals surface area contributed by atoms with E-state index in [9.17, 15) is 4.79 Å². The summed E-state index contributed by atoms with van der Waals surface area (Å²) in [6.07, 6.45) is 4.30. The zero-order valence-electron chi connectivity index (χ0n) is 16.1. The molecule has 1 aromatic rings. The number of likely N-dealkylation sites (N-methyl/N-ethyl adjacent to an activating group) is 1. The Hall–Kier alpha value is -1.46. The number of halogens is 1. The van der Waals surface area contributed by atoms with E-state index >= 15 is 0 Å². The second kappa shape index (κ2) is 12.0. The van der Waals surface area contributed by atoms with Crippen LogP contribution >= 0.6 is 12.4 Å². The van der Waals surface area contributed by atoms with Gasteiger partial charge in [-0.15, -0.1) is 12.4 Å². The Morgan fingerprint density at radius 2 is 1.76 bits per heavy atom. The molecule has 0 heterocycles. The molecule has 0 fully saturated rings. The Kier molecular flexibility index (Phi) is 11.3. The summed E-state index contributed by atoms with van der Waals surface area (Å²) in [5.74, 6) is 0.819. The molecule has 0 aliphatic heterocycles. The van der Waals surface area contributed by atoms with E-state index in [4.69, 9.17) is 9.47 Å². The van der Waals surface area contributed by atoms with Crippen molar-refractivity contribution >= 4 is 24.2 Å². The molecule has 6 heteroatoms. The van der Waals surface area contributed by atoms with Crippen molar-refractivity contribution in [1.82, 2.24) is 4.90 Å². The van der Waals surface area contributed by atoms with Crippen LogP contribution in [0.5, 0.6) is 5.75 Å². The van der Waals surface area contributed by atoms with Crippen LogP contribution in [-0.4, -0.2) is 43.8 Å².